The van der Waals surface area contributed by atoms with Gasteiger partial charge in [0, 0.05) is 16.8 Å². The van der Waals surface area contributed by atoms with Crippen LogP contribution in [0, 0.1) is 6.92 Å². The maximum Gasteiger partial charge on any atom is 0.142 e. The molecule has 0 aliphatic carbocycles. The molecule has 4 aromatic rings. The van der Waals surface area contributed by atoms with Crippen molar-refractivity contribution in [2.75, 3.05) is 5.73 Å². The molecule has 0 atom stereocenters. The van der Waals surface area contributed by atoms with Crippen LogP contribution in [-0.4, -0.2) is 5.71 Å². The van der Waals surface area contributed by atoms with Crippen LogP contribution in [0.1, 0.15) is 22.3 Å². The number of rotatable bonds is 6. The van der Waals surface area contributed by atoms with Gasteiger partial charge in [-0.3, -0.25) is 0 Å². The van der Waals surface area contributed by atoms with E-state index < -0.39 is 0 Å². The van der Waals surface area contributed by atoms with E-state index in [4.69, 9.17) is 10.6 Å². The summed E-state index contributed by atoms with van der Waals surface area (Å²) in [6.45, 7) is 2.43. The van der Waals surface area contributed by atoms with E-state index in [0.29, 0.717) is 12.3 Å². The zero-order valence-corrected chi connectivity index (χ0v) is 17.0. The first-order valence-electron chi connectivity index (χ1n) is 9.97. The SMILES string of the molecule is Cc1ccc(N)c(/C(=N/OCc2ccc(-c3ccccc3)cc2)c2ccccc2)c1. The molecule has 0 unspecified atom stereocenters. The van der Waals surface area contributed by atoms with Gasteiger partial charge >= 0.3 is 0 Å². The van der Waals surface area contributed by atoms with E-state index in [0.717, 1.165) is 28.0 Å². The molecule has 0 spiro atoms. The quantitative estimate of drug-likeness (QED) is 0.241. The Hall–Kier alpha value is -3.85. The van der Waals surface area contributed by atoms with Gasteiger partial charge in [-0.05, 0) is 35.7 Å². The van der Waals surface area contributed by atoms with Crippen LogP contribution in [0.25, 0.3) is 11.1 Å². The molecule has 0 amide bonds. The molecule has 30 heavy (non-hydrogen) atoms. The van der Waals surface area contributed by atoms with Crippen LogP contribution in [0.3, 0.4) is 0 Å². The third-order valence-corrected chi connectivity index (χ3v) is 4.96. The Balaban J connectivity index is 1.55. The van der Waals surface area contributed by atoms with Gasteiger partial charge in [0.25, 0.3) is 0 Å². The van der Waals surface area contributed by atoms with Crippen LogP contribution >= 0.6 is 0 Å². The minimum atomic E-state index is 0.386. The van der Waals surface area contributed by atoms with Gasteiger partial charge in [0.05, 0.1) is 0 Å². The molecule has 0 saturated carbocycles. The predicted octanol–water partition coefficient (Wildman–Crippen LogP) is 6.21. The van der Waals surface area contributed by atoms with Crippen LogP contribution in [0.5, 0.6) is 0 Å². The first kappa shape index (κ1) is 19.5. The van der Waals surface area contributed by atoms with Crippen LogP contribution in [0.4, 0.5) is 5.69 Å². The topological polar surface area (TPSA) is 47.6 Å². The number of nitrogens with zero attached hydrogens (tertiary/aromatic N) is 1. The molecule has 4 rings (SSSR count). The van der Waals surface area contributed by atoms with Crippen molar-refractivity contribution in [1.29, 1.82) is 0 Å². The van der Waals surface area contributed by atoms with E-state index in [1.165, 1.54) is 11.1 Å². The Morgan fingerprint density at radius 2 is 1.40 bits per heavy atom. The molecular formula is C27H24N2O. The molecule has 0 saturated heterocycles. The summed E-state index contributed by atoms with van der Waals surface area (Å²) >= 11 is 0. The summed E-state index contributed by atoms with van der Waals surface area (Å²) in [4.78, 5) is 5.76. The van der Waals surface area contributed by atoms with Crippen molar-refractivity contribution in [1.82, 2.24) is 0 Å². The molecule has 3 heteroatoms. The van der Waals surface area contributed by atoms with Gasteiger partial charge in [0.15, 0.2) is 0 Å². The van der Waals surface area contributed by atoms with Gasteiger partial charge in [-0.2, -0.15) is 0 Å². The molecule has 3 nitrogen and oxygen atoms in total. The lowest BCUT2D eigenvalue weighted by molar-refractivity contribution is 0.131. The number of nitrogens with two attached hydrogens (primary N) is 1. The third-order valence-electron chi connectivity index (χ3n) is 4.96. The van der Waals surface area contributed by atoms with Crippen molar-refractivity contribution >= 4 is 11.4 Å². The zero-order chi connectivity index (χ0) is 20.8. The minimum Gasteiger partial charge on any atom is -0.398 e. The van der Waals surface area contributed by atoms with E-state index in [-0.39, 0.29) is 0 Å². The number of nitrogen functional groups attached to an aromatic ring is 1. The third kappa shape index (κ3) is 4.58. The predicted molar refractivity (Wildman–Crippen MR) is 124 cm³/mol. The lowest BCUT2D eigenvalue weighted by Crippen LogP contribution is -2.08. The Bertz CT molecular complexity index is 1130. The average molecular weight is 393 g/mol. The second kappa shape index (κ2) is 9.10. The van der Waals surface area contributed by atoms with Gasteiger partial charge in [0.1, 0.15) is 12.3 Å². The van der Waals surface area contributed by atoms with Crippen molar-refractivity contribution in [3.63, 3.8) is 0 Å². The standard InChI is InChI=1S/C27H24N2O/c1-20-12-17-26(28)25(18-20)27(24-10-6-3-7-11-24)29-30-19-21-13-15-23(16-14-21)22-8-4-2-5-9-22/h2-18H,19,28H2,1H3/b29-27+. The average Bonchev–Trinajstić information content (AvgIpc) is 2.80. The zero-order valence-electron chi connectivity index (χ0n) is 17.0. The highest BCUT2D eigenvalue weighted by atomic mass is 16.6. The highest BCUT2D eigenvalue weighted by molar-refractivity contribution is 6.15. The lowest BCUT2D eigenvalue weighted by atomic mass is 9.99. The van der Waals surface area contributed by atoms with Crippen molar-refractivity contribution in [3.05, 3.63) is 125 Å². The maximum atomic E-state index is 6.25. The molecule has 0 aliphatic heterocycles. The van der Waals surface area contributed by atoms with Crippen LogP contribution in [-0.2, 0) is 11.4 Å². The summed E-state index contributed by atoms with van der Waals surface area (Å²) in [5, 5.41) is 4.48. The summed E-state index contributed by atoms with van der Waals surface area (Å²) in [5.41, 5.74) is 14.1. The molecule has 4 aromatic carbocycles. The second-order valence-corrected chi connectivity index (χ2v) is 7.23. The number of hydrogen-bond acceptors (Lipinski definition) is 3. The van der Waals surface area contributed by atoms with Crippen LogP contribution in [0.2, 0.25) is 0 Å². The fraction of sp³-hybridized carbons (Fsp3) is 0.0741. The summed E-state index contributed by atoms with van der Waals surface area (Å²) in [6, 6.07) is 34.6. The van der Waals surface area contributed by atoms with Crippen molar-refractivity contribution in [2.24, 2.45) is 5.16 Å². The van der Waals surface area contributed by atoms with Crippen LogP contribution < -0.4 is 5.73 Å². The maximum absolute atomic E-state index is 6.25. The molecule has 0 fully saturated rings. The number of hydrogen-bond donors (Lipinski definition) is 1. The van der Waals surface area contributed by atoms with E-state index in [9.17, 15) is 0 Å². The number of aryl methyl sites for hydroxylation is 1. The van der Waals surface area contributed by atoms with E-state index in [1.807, 2.05) is 73.7 Å². The molecular weight excluding hydrogens is 368 g/mol. The summed E-state index contributed by atoms with van der Waals surface area (Å²) < 4.78 is 0. The molecule has 0 aliphatic rings. The van der Waals surface area contributed by atoms with Gasteiger partial charge in [0.2, 0.25) is 0 Å². The largest absolute Gasteiger partial charge is 0.398 e. The molecule has 0 heterocycles. The normalized spacial score (nSPS) is 11.3. The highest BCUT2D eigenvalue weighted by Crippen LogP contribution is 2.21. The first-order valence-corrected chi connectivity index (χ1v) is 9.97. The Labute approximate surface area is 177 Å². The summed E-state index contributed by atoms with van der Waals surface area (Å²) in [6.07, 6.45) is 0. The smallest absolute Gasteiger partial charge is 0.142 e. The summed E-state index contributed by atoms with van der Waals surface area (Å²) in [7, 11) is 0. The summed E-state index contributed by atoms with van der Waals surface area (Å²) in [5.74, 6) is 0. The monoisotopic (exact) mass is 392 g/mol. The van der Waals surface area contributed by atoms with E-state index >= 15 is 0 Å². The number of oxime groups is 1. The van der Waals surface area contributed by atoms with Crippen LogP contribution in [0.15, 0.2) is 108 Å². The fourth-order valence-electron chi connectivity index (χ4n) is 3.32. The Kier molecular flexibility index (Phi) is 5.90. The van der Waals surface area contributed by atoms with Gasteiger partial charge < -0.3 is 10.6 Å². The molecule has 148 valence electrons. The minimum absolute atomic E-state index is 0.386. The van der Waals surface area contributed by atoms with Gasteiger partial charge in [-0.1, -0.05) is 102 Å². The highest BCUT2D eigenvalue weighted by Gasteiger charge is 2.12. The molecule has 0 radical (unpaired) electrons. The first-order chi connectivity index (χ1) is 14.7. The molecule has 0 aromatic heterocycles. The van der Waals surface area contributed by atoms with E-state index in [2.05, 4.69) is 41.6 Å². The Morgan fingerprint density at radius 1 is 0.767 bits per heavy atom. The fourth-order valence-corrected chi connectivity index (χ4v) is 3.32. The lowest BCUT2D eigenvalue weighted by Gasteiger charge is -2.11. The van der Waals surface area contributed by atoms with Crippen molar-refractivity contribution < 1.29 is 4.84 Å². The molecule has 2 N–H and O–H groups in total. The van der Waals surface area contributed by atoms with Crippen molar-refractivity contribution in [2.45, 2.75) is 13.5 Å². The Morgan fingerprint density at radius 3 is 2.10 bits per heavy atom. The van der Waals surface area contributed by atoms with Gasteiger partial charge in [-0.15, -0.1) is 0 Å². The van der Waals surface area contributed by atoms with E-state index in [1.54, 1.807) is 0 Å². The van der Waals surface area contributed by atoms with Gasteiger partial charge in [-0.25, -0.2) is 0 Å². The molecule has 0 bridgehead atoms. The number of benzene rings is 4. The second-order valence-electron chi connectivity index (χ2n) is 7.23. The van der Waals surface area contributed by atoms with Crippen molar-refractivity contribution in [3.8, 4) is 11.1 Å². The number of anilines is 1.